The number of anilines is 2. The van der Waals surface area contributed by atoms with Gasteiger partial charge < -0.3 is 15.6 Å². The van der Waals surface area contributed by atoms with E-state index in [0.29, 0.717) is 5.69 Å². The normalized spacial score (nSPS) is 9.64. The molecule has 0 saturated heterocycles. The Balaban J connectivity index is 3.20. The van der Waals surface area contributed by atoms with E-state index >= 15 is 0 Å². The number of nitrogens with zero attached hydrogens (tertiary/aromatic N) is 2. The standard InChI is InChI=1S/C6H10N4O/c1-10(2)4-3-8-6(11)9-5(4)7/h3H,1-2H3,(H3,7,8,9,11). The van der Waals surface area contributed by atoms with Gasteiger partial charge in [0.1, 0.15) is 0 Å². The van der Waals surface area contributed by atoms with Crippen LogP contribution in [0.3, 0.4) is 0 Å². The molecule has 1 rings (SSSR count). The second-order valence-electron chi connectivity index (χ2n) is 2.37. The van der Waals surface area contributed by atoms with Crippen LogP contribution in [0.15, 0.2) is 11.0 Å². The fourth-order valence-electron chi connectivity index (χ4n) is 0.761. The summed E-state index contributed by atoms with van der Waals surface area (Å²) in [7, 11) is 3.65. The van der Waals surface area contributed by atoms with Crippen LogP contribution in [-0.4, -0.2) is 24.1 Å². The van der Waals surface area contributed by atoms with Gasteiger partial charge >= 0.3 is 5.69 Å². The van der Waals surface area contributed by atoms with Gasteiger partial charge in [-0.1, -0.05) is 0 Å². The predicted molar refractivity (Wildman–Crippen MR) is 43.6 cm³/mol. The van der Waals surface area contributed by atoms with Crippen molar-refractivity contribution in [2.24, 2.45) is 0 Å². The van der Waals surface area contributed by atoms with Crippen molar-refractivity contribution in [3.63, 3.8) is 0 Å². The molecular formula is C6H10N4O. The fraction of sp³-hybridized carbons (Fsp3) is 0.333. The monoisotopic (exact) mass is 154 g/mol. The maximum Gasteiger partial charge on any atom is 0.346 e. The highest BCUT2D eigenvalue weighted by atomic mass is 16.1. The summed E-state index contributed by atoms with van der Waals surface area (Å²) in [4.78, 5) is 18.3. The zero-order valence-corrected chi connectivity index (χ0v) is 6.46. The quantitative estimate of drug-likeness (QED) is 0.567. The highest BCUT2D eigenvalue weighted by molar-refractivity contribution is 5.60. The minimum absolute atomic E-state index is 0.249. The first kappa shape index (κ1) is 7.59. The molecule has 1 heterocycles. The lowest BCUT2D eigenvalue weighted by Gasteiger charge is -2.12. The molecule has 0 unspecified atom stereocenters. The van der Waals surface area contributed by atoms with Gasteiger partial charge in [0.05, 0.1) is 5.69 Å². The molecule has 0 aliphatic heterocycles. The molecule has 5 heteroatoms. The van der Waals surface area contributed by atoms with E-state index in [9.17, 15) is 4.79 Å². The molecule has 11 heavy (non-hydrogen) atoms. The molecule has 0 aromatic carbocycles. The first-order valence-corrected chi connectivity index (χ1v) is 3.14. The van der Waals surface area contributed by atoms with Crippen LogP contribution >= 0.6 is 0 Å². The van der Waals surface area contributed by atoms with Crippen molar-refractivity contribution in [1.29, 1.82) is 0 Å². The molecule has 60 valence electrons. The number of H-pyrrole nitrogens is 1. The highest BCUT2D eigenvalue weighted by Gasteiger charge is 2.01. The molecule has 0 saturated carbocycles. The van der Waals surface area contributed by atoms with Gasteiger partial charge in [-0.25, -0.2) is 4.79 Å². The van der Waals surface area contributed by atoms with E-state index in [-0.39, 0.29) is 5.82 Å². The van der Waals surface area contributed by atoms with E-state index < -0.39 is 5.69 Å². The Hall–Kier alpha value is -1.52. The summed E-state index contributed by atoms with van der Waals surface area (Å²) in [5, 5.41) is 0. The second-order valence-corrected chi connectivity index (χ2v) is 2.37. The molecular weight excluding hydrogens is 144 g/mol. The minimum atomic E-state index is -0.423. The van der Waals surface area contributed by atoms with E-state index in [1.54, 1.807) is 4.90 Å². The number of nitrogens with one attached hydrogen (secondary N) is 1. The van der Waals surface area contributed by atoms with Crippen LogP contribution in [-0.2, 0) is 0 Å². The SMILES string of the molecule is CN(C)c1c[nH]c(=O)nc1N. The van der Waals surface area contributed by atoms with E-state index in [0.717, 1.165) is 0 Å². The first-order chi connectivity index (χ1) is 5.11. The van der Waals surface area contributed by atoms with Crippen LogP contribution in [0.1, 0.15) is 0 Å². The molecule has 0 amide bonds. The van der Waals surface area contributed by atoms with E-state index in [1.165, 1.54) is 6.20 Å². The Kier molecular flexibility index (Phi) is 1.80. The predicted octanol–water partition coefficient (Wildman–Crippen LogP) is -0.582. The van der Waals surface area contributed by atoms with Crippen molar-refractivity contribution < 1.29 is 0 Å². The highest BCUT2D eigenvalue weighted by Crippen LogP contribution is 2.13. The summed E-state index contributed by atoms with van der Waals surface area (Å²) in [5.74, 6) is 0.249. The number of aromatic amines is 1. The summed E-state index contributed by atoms with van der Waals surface area (Å²) in [6.45, 7) is 0. The maximum absolute atomic E-state index is 10.6. The number of nitrogen functional groups attached to an aromatic ring is 1. The largest absolute Gasteiger partial charge is 0.382 e. The van der Waals surface area contributed by atoms with Crippen LogP contribution in [0.25, 0.3) is 0 Å². The van der Waals surface area contributed by atoms with Gasteiger partial charge in [0.15, 0.2) is 5.82 Å². The average Bonchev–Trinajstić information content (AvgIpc) is 1.85. The van der Waals surface area contributed by atoms with Crippen molar-refractivity contribution >= 4 is 11.5 Å². The Morgan fingerprint density at radius 3 is 2.73 bits per heavy atom. The van der Waals surface area contributed by atoms with Crippen LogP contribution in [0.2, 0.25) is 0 Å². The summed E-state index contributed by atoms with van der Waals surface area (Å²) in [5.41, 5.74) is 5.74. The van der Waals surface area contributed by atoms with Crippen molar-refractivity contribution in [2.45, 2.75) is 0 Å². The van der Waals surface area contributed by atoms with Crippen LogP contribution < -0.4 is 16.3 Å². The fourth-order valence-corrected chi connectivity index (χ4v) is 0.761. The van der Waals surface area contributed by atoms with Crippen molar-refractivity contribution in [1.82, 2.24) is 9.97 Å². The molecule has 0 fully saturated rings. The molecule has 0 bridgehead atoms. The van der Waals surface area contributed by atoms with Gasteiger partial charge in [0, 0.05) is 20.3 Å². The summed E-state index contributed by atoms with van der Waals surface area (Å²) in [6, 6.07) is 0. The van der Waals surface area contributed by atoms with E-state index in [1.807, 2.05) is 14.1 Å². The number of aromatic nitrogens is 2. The third-order valence-electron chi connectivity index (χ3n) is 1.30. The molecule has 0 radical (unpaired) electrons. The molecule has 0 spiro atoms. The lowest BCUT2D eigenvalue weighted by molar-refractivity contribution is 1.03. The molecule has 0 aliphatic carbocycles. The maximum atomic E-state index is 10.6. The second kappa shape index (κ2) is 2.61. The molecule has 3 N–H and O–H groups in total. The number of rotatable bonds is 1. The Labute approximate surface area is 63.9 Å². The van der Waals surface area contributed by atoms with Crippen molar-refractivity contribution in [3.05, 3.63) is 16.7 Å². The lowest BCUT2D eigenvalue weighted by atomic mass is 10.4. The topological polar surface area (TPSA) is 75.0 Å². The van der Waals surface area contributed by atoms with E-state index in [2.05, 4.69) is 9.97 Å². The lowest BCUT2D eigenvalue weighted by Crippen LogP contribution is -2.18. The number of nitrogens with two attached hydrogens (primary N) is 1. The zero-order chi connectivity index (χ0) is 8.43. The van der Waals surface area contributed by atoms with Crippen LogP contribution in [0.4, 0.5) is 11.5 Å². The molecule has 1 aromatic rings. The van der Waals surface area contributed by atoms with Gasteiger partial charge in [-0.2, -0.15) is 4.98 Å². The molecule has 0 aliphatic rings. The van der Waals surface area contributed by atoms with Gasteiger partial charge in [-0.05, 0) is 0 Å². The third-order valence-corrected chi connectivity index (χ3v) is 1.30. The molecule has 1 aromatic heterocycles. The summed E-state index contributed by atoms with van der Waals surface area (Å²) in [6.07, 6.45) is 1.53. The average molecular weight is 154 g/mol. The van der Waals surface area contributed by atoms with Gasteiger partial charge in [0.2, 0.25) is 0 Å². The third kappa shape index (κ3) is 1.49. The Bertz CT molecular complexity index is 304. The minimum Gasteiger partial charge on any atom is -0.382 e. The number of hydrogen-bond acceptors (Lipinski definition) is 4. The first-order valence-electron chi connectivity index (χ1n) is 3.14. The summed E-state index contributed by atoms with van der Waals surface area (Å²) >= 11 is 0. The summed E-state index contributed by atoms with van der Waals surface area (Å²) < 4.78 is 0. The van der Waals surface area contributed by atoms with E-state index in [4.69, 9.17) is 5.73 Å². The van der Waals surface area contributed by atoms with Gasteiger partial charge in [0.25, 0.3) is 0 Å². The molecule has 0 atom stereocenters. The smallest absolute Gasteiger partial charge is 0.346 e. The van der Waals surface area contributed by atoms with Crippen molar-refractivity contribution in [2.75, 3.05) is 24.7 Å². The zero-order valence-electron chi connectivity index (χ0n) is 6.46. The van der Waals surface area contributed by atoms with Crippen LogP contribution in [0, 0.1) is 0 Å². The van der Waals surface area contributed by atoms with Crippen molar-refractivity contribution in [3.8, 4) is 0 Å². The Morgan fingerprint density at radius 2 is 2.27 bits per heavy atom. The van der Waals surface area contributed by atoms with Gasteiger partial charge in [-0.3, -0.25) is 0 Å². The Morgan fingerprint density at radius 1 is 1.64 bits per heavy atom. The number of hydrogen-bond donors (Lipinski definition) is 2. The van der Waals surface area contributed by atoms with Crippen LogP contribution in [0.5, 0.6) is 0 Å². The molecule has 5 nitrogen and oxygen atoms in total. The van der Waals surface area contributed by atoms with Gasteiger partial charge in [-0.15, -0.1) is 0 Å².